The minimum Gasteiger partial charge on any atom is -0.373 e. The lowest BCUT2D eigenvalue weighted by atomic mass is 10.0. The molecule has 0 atom stereocenters. The summed E-state index contributed by atoms with van der Waals surface area (Å²) in [6, 6.07) is 4.34. The second kappa shape index (κ2) is 5.97. The van der Waals surface area contributed by atoms with Crippen molar-refractivity contribution >= 4 is 17.4 Å². The maximum Gasteiger partial charge on any atom is 0.132 e. The molecule has 1 N–H and O–H groups in total. The Kier molecular flexibility index (Phi) is 4.32. The second-order valence-electron chi connectivity index (χ2n) is 4.17. The highest BCUT2D eigenvalue weighted by Crippen LogP contribution is 2.32. The molecule has 0 aliphatic rings. The zero-order valence-electron chi connectivity index (χ0n) is 10.9. The molecule has 2 aromatic rings. The molecule has 5 heteroatoms. The first-order chi connectivity index (χ1) is 9.17. The molecular formula is C14H15ClFN3. The quantitative estimate of drug-likeness (QED) is 0.921. The number of hydrogen-bond donors (Lipinski definition) is 1. The van der Waals surface area contributed by atoms with E-state index in [2.05, 4.69) is 22.2 Å². The Morgan fingerprint density at radius 2 is 2.11 bits per heavy atom. The van der Waals surface area contributed by atoms with Crippen LogP contribution >= 0.6 is 11.6 Å². The van der Waals surface area contributed by atoms with Gasteiger partial charge in [-0.3, -0.25) is 0 Å². The van der Waals surface area contributed by atoms with E-state index in [4.69, 9.17) is 11.6 Å². The highest BCUT2D eigenvalue weighted by molar-refractivity contribution is 6.33. The van der Waals surface area contributed by atoms with Crippen molar-refractivity contribution in [1.29, 1.82) is 0 Å². The normalized spacial score (nSPS) is 10.5. The van der Waals surface area contributed by atoms with Gasteiger partial charge in [-0.25, -0.2) is 14.4 Å². The fourth-order valence-electron chi connectivity index (χ4n) is 2.03. The number of anilines is 1. The van der Waals surface area contributed by atoms with Crippen molar-refractivity contribution in [2.75, 3.05) is 12.4 Å². The number of aromatic nitrogens is 2. The summed E-state index contributed by atoms with van der Waals surface area (Å²) in [6.45, 7) is 2.09. The van der Waals surface area contributed by atoms with Crippen LogP contribution in [-0.2, 0) is 6.42 Å². The van der Waals surface area contributed by atoms with Crippen molar-refractivity contribution in [3.8, 4) is 11.3 Å². The van der Waals surface area contributed by atoms with E-state index >= 15 is 0 Å². The molecule has 0 spiro atoms. The van der Waals surface area contributed by atoms with Gasteiger partial charge in [-0.1, -0.05) is 24.9 Å². The van der Waals surface area contributed by atoms with Gasteiger partial charge in [0.25, 0.3) is 0 Å². The molecule has 0 aliphatic heterocycles. The third-order valence-corrected chi connectivity index (χ3v) is 3.18. The van der Waals surface area contributed by atoms with Crippen LogP contribution in [0.1, 0.15) is 18.9 Å². The van der Waals surface area contributed by atoms with Gasteiger partial charge in [0, 0.05) is 18.2 Å². The van der Waals surface area contributed by atoms with Crippen molar-refractivity contribution in [3.05, 3.63) is 40.9 Å². The standard InChI is InChI=1S/C14H15ClFN3/c1-3-4-11-13(18-8-19-14(11)17-2)10-6-5-9(16)7-12(10)15/h5-8H,3-4H2,1-2H3,(H,17,18,19). The summed E-state index contributed by atoms with van der Waals surface area (Å²) in [7, 11) is 1.82. The molecule has 0 radical (unpaired) electrons. The SMILES string of the molecule is CCCc1c(NC)ncnc1-c1ccc(F)cc1Cl. The first-order valence-electron chi connectivity index (χ1n) is 6.14. The predicted octanol–water partition coefficient (Wildman–Crippen LogP) is 3.93. The fourth-order valence-corrected chi connectivity index (χ4v) is 2.28. The topological polar surface area (TPSA) is 37.8 Å². The van der Waals surface area contributed by atoms with Crippen LogP contribution in [0.5, 0.6) is 0 Å². The van der Waals surface area contributed by atoms with E-state index in [9.17, 15) is 4.39 Å². The van der Waals surface area contributed by atoms with Crippen LogP contribution < -0.4 is 5.32 Å². The molecule has 1 aromatic carbocycles. The molecule has 1 aromatic heterocycles. The van der Waals surface area contributed by atoms with Gasteiger partial charge in [-0.15, -0.1) is 0 Å². The van der Waals surface area contributed by atoms with Gasteiger partial charge in [0.1, 0.15) is 18.0 Å². The zero-order chi connectivity index (χ0) is 13.8. The van der Waals surface area contributed by atoms with Crippen molar-refractivity contribution < 1.29 is 4.39 Å². The third-order valence-electron chi connectivity index (χ3n) is 2.87. The molecular weight excluding hydrogens is 265 g/mol. The molecule has 3 nitrogen and oxygen atoms in total. The molecule has 0 aliphatic carbocycles. The van der Waals surface area contributed by atoms with Gasteiger partial charge in [-0.05, 0) is 24.6 Å². The van der Waals surface area contributed by atoms with E-state index < -0.39 is 0 Å². The Labute approximate surface area is 116 Å². The van der Waals surface area contributed by atoms with E-state index in [1.54, 1.807) is 6.07 Å². The zero-order valence-corrected chi connectivity index (χ0v) is 11.6. The molecule has 0 amide bonds. The van der Waals surface area contributed by atoms with Gasteiger partial charge in [0.2, 0.25) is 0 Å². The summed E-state index contributed by atoms with van der Waals surface area (Å²) in [4.78, 5) is 8.52. The van der Waals surface area contributed by atoms with Gasteiger partial charge in [-0.2, -0.15) is 0 Å². The molecule has 19 heavy (non-hydrogen) atoms. The predicted molar refractivity (Wildman–Crippen MR) is 76.0 cm³/mol. The molecule has 0 unspecified atom stereocenters. The van der Waals surface area contributed by atoms with E-state index in [0.717, 1.165) is 35.5 Å². The molecule has 100 valence electrons. The maximum atomic E-state index is 13.1. The molecule has 0 bridgehead atoms. The van der Waals surface area contributed by atoms with E-state index in [1.807, 2.05) is 7.05 Å². The summed E-state index contributed by atoms with van der Waals surface area (Å²) in [5.74, 6) is 0.431. The van der Waals surface area contributed by atoms with Crippen molar-refractivity contribution in [3.63, 3.8) is 0 Å². The Morgan fingerprint density at radius 1 is 1.32 bits per heavy atom. The maximum absolute atomic E-state index is 13.1. The third kappa shape index (κ3) is 2.84. The van der Waals surface area contributed by atoms with Gasteiger partial charge in [0.05, 0.1) is 10.7 Å². The van der Waals surface area contributed by atoms with Gasteiger partial charge in [0.15, 0.2) is 0 Å². The molecule has 0 saturated heterocycles. The molecule has 2 rings (SSSR count). The summed E-state index contributed by atoms with van der Waals surface area (Å²) in [5.41, 5.74) is 2.48. The van der Waals surface area contributed by atoms with E-state index in [1.165, 1.54) is 18.5 Å². The summed E-state index contributed by atoms with van der Waals surface area (Å²) in [6.07, 6.45) is 3.29. The minimum absolute atomic E-state index is 0.353. The lowest BCUT2D eigenvalue weighted by Gasteiger charge is -2.13. The van der Waals surface area contributed by atoms with Crippen LogP contribution in [0.3, 0.4) is 0 Å². The summed E-state index contributed by atoms with van der Waals surface area (Å²) in [5, 5.41) is 3.41. The second-order valence-corrected chi connectivity index (χ2v) is 4.58. The number of hydrogen-bond acceptors (Lipinski definition) is 3. The van der Waals surface area contributed by atoms with E-state index in [0.29, 0.717) is 5.02 Å². The van der Waals surface area contributed by atoms with Crippen LogP contribution in [0.25, 0.3) is 11.3 Å². The number of rotatable bonds is 4. The van der Waals surface area contributed by atoms with Crippen LogP contribution in [-0.4, -0.2) is 17.0 Å². The number of nitrogens with zero attached hydrogens (tertiary/aromatic N) is 2. The van der Waals surface area contributed by atoms with Crippen LogP contribution in [0, 0.1) is 5.82 Å². The smallest absolute Gasteiger partial charge is 0.132 e. The van der Waals surface area contributed by atoms with Gasteiger partial charge >= 0.3 is 0 Å². The van der Waals surface area contributed by atoms with Crippen molar-refractivity contribution in [1.82, 2.24) is 9.97 Å². The van der Waals surface area contributed by atoms with E-state index in [-0.39, 0.29) is 5.82 Å². The largest absolute Gasteiger partial charge is 0.373 e. The highest BCUT2D eigenvalue weighted by atomic mass is 35.5. The van der Waals surface area contributed by atoms with Gasteiger partial charge < -0.3 is 5.32 Å². The average molecular weight is 280 g/mol. The Balaban J connectivity index is 2.60. The first kappa shape index (κ1) is 13.7. The number of nitrogens with one attached hydrogen (secondary N) is 1. The Morgan fingerprint density at radius 3 is 2.74 bits per heavy atom. The monoisotopic (exact) mass is 279 g/mol. The Hall–Kier alpha value is -1.68. The fraction of sp³-hybridized carbons (Fsp3) is 0.286. The first-order valence-corrected chi connectivity index (χ1v) is 6.52. The lowest BCUT2D eigenvalue weighted by Crippen LogP contribution is -2.03. The number of benzene rings is 1. The van der Waals surface area contributed by atoms with Crippen molar-refractivity contribution in [2.24, 2.45) is 0 Å². The minimum atomic E-state index is -0.353. The highest BCUT2D eigenvalue weighted by Gasteiger charge is 2.14. The summed E-state index contributed by atoms with van der Waals surface area (Å²) < 4.78 is 13.1. The van der Waals surface area contributed by atoms with Crippen LogP contribution in [0.4, 0.5) is 10.2 Å². The average Bonchev–Trinajstić information content (AvgIpc) is 2.40. The molecule has 0 saturated carbocycles. The van der Waals surface area contributed by atoms with Crippen LogP contribution in [0.2, 0.25) is 5.02 Å². The molecule has 1 heterocycles. The lowest BCUT2D eigenvalue weighted by molar-refractivity contribution is 0.628. The number of halogens is 2. The van der Waals surface area contributed by atoms with Crippen molar-refractivity contribution in [2.45, 2.75) is 19.8 Å². The van der Waals surface area contributed by atoms with Crippen LogP contribution in [0.15, 0.2) is 24.5 Å². The Bertz CT molecular complexity index is 587. The summed E-state index contributed by atoms with van der Waals surface area (Å²) >= 11 is 6.11. The molecule has 0 fully saturated rings.